The van der Waals surface area contributed by atoms with E-state index in [0.717, 1.165) is 5.56 Å². The van der Waals surface area contributed by atoms with Gasteiger partial charge in [0.2, 0.25) is 5.88 Å². The van der Waals surface area contributed by atoms with Crippen LogP contribution in [0.15, 0.2) is 47.0 Å². The van der Waals surface area contributed by atoms with Gasteiger partial charge in [-0.2, -0.15) is 0 Å². The molecule has 0 fully saturated rings. The molecule has 2 aromatic heterocycles. The van der Waals surface area contributed by atoms with Crippen molar-refractivity contribution in [1.82, 2.24) is 20.7 Å². The highest BCUT2D eigenvalue weighted by atomic mass is 19.1. The zero-order chi connectivity index (χ0) is 17.6. The lowest BCUT2D eigenvalue weighted by atomic mass is 10.1. The summed E-state index contributed by atoms with van der Waals surface area (Å²) in [5.74, 6) is 0.257. The van der Waals surface area contributed by atoms with Crippen molar-refractivity contribution in [3.05, 3.63) is 59.7 Å². The molecule has 1 aromatic carbocycles. The van der Waals surface area contributed by atoms with Gasteiger partial charge in [-0.1, -0.05) is 5.16 Å². The Balaban J connectivity index is 1.47. The van der Waals surface area contributed by atoms with Crippen molar-refractivity contribution in [1.29, 1.82) is 0 Å². The van der Waals surface area contributed by atoms with Gasteiger partial charge in [-0.15, -0.1) is 10.2 Å². The largest absolute Gasteiger partial charge is 0.475 e. The van der Waals surface area contributed by atoms with Gasteiger partial charge >= 0.3 is 0 Å². The van der Waals surface area contributed by atoms with Crippen molar-refractivity contribution in [3.63, 3.8) is 0 Å². The molecule has 0 radical (unpaired) electrons. The molecule has 0 aliphatic heterocycles. The van der Waals surface area contributed by atoms with Crippen LogP contribution >= 0.6 is 0 Å². The third kappa shape index (κ3) is 4.37. The second kappa shape index (κ2) is 7.52. The number of amides is 1. The Morgan fingerprint density at radius 1 is 1.20 bits per heavy atom. The summed E-state index contributed by atoms with van der Waals surface area (Å²) >= 11 is 0. The van der Waals surface area contributed by atoms with Crippen LogP contribution in [-0.2, 0) is 0 Å². The Hall–Kier alpha value is -3.29. The molecule has 0 aliphatic carbocycles. The molecule has 3 rings (SSSR count). The third-order valence-corrected chi connectivity index (χ3v) is 3.28. The number of carbonyl (C=O) groups is 1. The topological polar surface area (TPSA) is 90.1 Å². The molecule has 1 amide bonds. The maximum Gasteiger partial charge on any atom is 0.273 e. The van der Waals surface area contributed by atoms with E-state index in [2.05, 4.69) is 20.7 Å². The fourth-order valence-electron chi connectivity index (χ4n) is 2.06. The van der Waals surface area contributed by atoms with Gasteiger partial charge in [-0.25, -0.2) is 4.39 Å². The summed E-state index contributed by atoms with van der Waals surface area (Å²) < 4.78 is 23.2. The van der Waals surface area contributed by atoms with Gasteiger partial charge in [0.05, 0.1) is 12.2 Å². The molecule has 0 saturated heterocycles. The second-order valence-corrected chi connectivity index (χ2v) is 5.19. The minimum atomic E-state index is -0.335. The van der Waals surface area contributed by atoms with Gasteiger partial charge in [0.1, 0.15) is 18.2 Å². The molecular formula is C17H15FN4O3. The second-order valence-electron chi connectivity index (χ2n) is 5.19. The first kappa shape index (κ1) is 16.6. The Bertz CT molecular complexity index is 847. The van der Waals surface area contributed by atoms with Crippen molar-refractivity contribution in [2.75, 3.05) is 13.2 Å². The third-order valence-electron chi connectivity index (χ3n) is 3.28. The molecule has 1 N–H and O–H groups in total. The number of ether oxygens (including phenoxy) is 1. The summed E-state index contributed by atoms with van der Waals surface area (Å²) in [5, 5.41) is 14.3. The molecule has 25 heavy (non-hydrogen) atoms. The summed E-state index contributed by atoms with van der Waals surface area (Å²) in [5.41, 5.74) is 1.60. The van der Waals surface area contributed by atoms with Gasteiger partial charge in [0, 0.05) is 17.7 Å². The number of hydrogen-bond acceptors (Lipinski definition) is 6. The standard InChI is InChI=1S/C17H15FN4O3/c1-11-10-15(22-25-11)17(23)19-8-9-24-16-7-6-14(20-21-16)12-2-4-13(18)5-3-12/h2-7,10H,8-9H2,1H3,(H,19,23). The first-order valence-electron chi connectivity index (χ1n) is 7.56. The van der Waals surface area contributed by atoms with E-state index in [1.165, 1.54) is 12.1 Å². The monoisotopic (exact) mass is 342 g/mol. The summed E-state index contributed by atoms with van der Waals surface area (Å²) in [7, 11) is 0. The van der Waals surface area contributed by atoms with E-state index in [9.17, 15) is 9.18 Å². The first-order chi connectivity index (χ1) is 12.1. The van der Waals surface area contributed by atoms with Crippen LogP contribution in [0.4, 0.5) is 4.39 Å². The minimum absolute atomic E-state index is 0.223. The van der Waals surface area contributed by atoms with Crippen molar-refractivity contribution in [2.24, 2.45) is 0 Å². The molecule has 128 valence electrons. The number of rotatable bonds is 6. The fourth-order valence-corrected chi connectivity index (χ4v) is 2.06. The van der Waals surface area contributed by atoms with Crippen LogP contribution in [0.2, 0.25) is 0 Å². The highest BCUT2D eigenvalue weighted by Crippen LogP contribution is 2.17. The summed E-state index contributed by atoms with van der Waals surface area (Å²) in [6, 6.07) is 10.9. The Morgan fingerprint density at radius 2 is 2.00 bits per heavy atom. The van der Waals surface area contributed by atoms with E-state index >= 15 is 0 Å². The van der Waals surface area contributed by atoms with Crippen LogP contribution in [0.25, 0.3) is 11.3 Å². The number of nitrogens with one attached hydrogen (secondary N) is 1. The van der Waals surface area contributed by atoms with Crippen molar-refractivity contribution < 1.29 is 18.4 Å². The molecule has 8 heteroatoms. The van der Waals surface area contributed by atoms with E-state index in [-0.39, 0.29) is 30.6 Å². The lowest BCUT2D eigenvalue weighted by Gasteiger charge is -2.06. The molecule has 3 aromatic rings. The molecule has 2 heterocycles. The predicted molar refractivity (Wildman–Crippen MR) is 86.5 cm³/mol. The lowest BCUT2D eigenvalue weighted by Crippen LogP contribution is -2.28. The number of benzene rings is 1. The number of hydrogen-bond donors (Lipinski definition) is 1. The van der Waals surface area contributed by atoms with Crippen molar-refractivity contribution >= 4 is 5.91 Å². The predicted octanol–water partition coefficient (Wildman–Crippen LogP) is 2.39. The Morgan fingerprint density at radius 3 is 2.64 bits per heavy atom. The zero-order valence-electron chi connectivity index (χ0n) is 13.4. The van der Waals surface area contributed by atoms with Crippen LogP contribution in [0.5, 0.6) is 5.88 Å². The smallest absolute Gasteiger partial charge is 0.273 e. The SMILES string of the molecule is Cc1cc(C(=O)NCCOc2ccc(-c3ccc(F)cc3)nn2)no1. The molecule has 0 atom stereocenters. The van der Waals surface area contributed by atoms with Crippen LogP contribution in [0, 0.1) is 12.7 Å². The van der Waals surface area contributed by atoms with Gasteiger partial charge in [0.15, 0.2) is 5.69 Å². The maximum absolute atomic E-state index is 12.9. The summed E-state index contributed by atoms with van der Waals surface area (Å²) in [6.07, 6.45) is 0. The normalized spacial score (nSPS) is 10.5. The van der Waals surface area contributed by atoms with E-state index < -0.39 is 0 Å². The molecule has 0 spiro atoms. The molecule has 0 saturated carbocycles. The Kier molecular flexibility index (Phi) is 4.98. The zero-order valence-corrected chi connectivity index (χ0v) is 13.4. The van der Waals surface area contributed by atoms with Crippen LogP contribution in [0.1, 0.15) is 16.2 Å². The average Bonchev–Trinajstić information content (AvgIpc) is 3.06. The number of halogens is 1. The van der Waals surface area contributed by atoms with Gasteiger partial charge in [-0.05, 0) is 37.3 Å². The molecule has 0 unspecified atom stereocenters. The number of aryl methyl sites for hydroxylation is 1. The van der Waals surface area contributed by atoms with Gasteiger partial charge in [-0.3, -0.25) is 4.79 Å². The van der Waals surface area contributed by atoms with Crippen LogP contribution in [0.3, 0.4) is 0 Å². The first-order valence-corrected chi connectivity index (χ1v) is 7.56. The molecule has 7 nitrogen and oxygen atoms in total. The van der Waals surface area contributed by atoms with Crippen molar-refractivity contribution in [3.8, 4) is 17.1 Å². The van der Waals surface area contributed by atoms with E-state index in [1.54, 1.807) is 37.3 Å². The summed E-state index contributed by atoms with van der Waals surface area (Å²) in [4.78, 5) is 11.8. The van der Waals surface area contributed by atoms with Crippen molar-refractivity contribution in [2.45, 2.75) is 6.92 Å². The number of carbonyl (C=O) groups excluding carboxylic acids is 1. The molecule has 0 aliphatic rings. The van der Waals surface area contributed by atoms with Gasteiger partial charge in [0.25, 0.3) is 5.91 Å². The minimum Gasteiger partial charge on any atom is -0.475 e. The van der Waals surface area contributed by atoms with Gasteiger partial charge < -0.3 is 14.6 Å². The van der Waals surface area contributed by atoms with E-state index in [0.29, 0.717) is 17.3 Å². The van der Waals surface area contributed by atoms with E-state index in [4.69, 9.17) is 9.26 Å². The highest BCUT2D eigenvalue weighted by Gasteiger charge is 2.10. The average molecular weight is 342 g/mol. The highest BCUT2D eigenvalue weighted by molar-refractivity contribution is 5.92. The molecule has 0 bridgehead atoms. The van der Waals surface area contributed by atoms with E-state index in [1.807, 2.05) is 0 Å². The molecular weight excluding hydrogens is 327 g/mol. The fraction of sp³-hybridized carbons (Fsp3) is 0.176. The Labute approximate surface area is 142 Å². The van der Waals surface area contributed by atoms with Crippen LogP contribution < -0.4 is 10.1 Å². The number of nitrogens with zero attached hydrogens (tertiary/aromatic N) is 3. The maximum atomic E-state index is 12.9. The quantitative estimate of drug-likeness (QED) is 0.692. The van der Waals surface area contributed by atoms with Crippen LogP contribution in [-0.4, -0.2) is 34.4 Å². The summed E-state index contributed by atoms with van der Waals surface area (Å²) in [6.45, 7) is 2.22. The number of aromatic nitrogens is 3. The lowest BCUT2D eigenvalue weighted by molar-refractivity contribution is 0.0937.